The molecule has 2 rings (SSSR count). The molecule has 1 atom stereocenters. The Labute approximate surface area is 121 Å². The van der Waals surface area contributed by atoms with Gasteiger partial charge in [-0.2, -0.15) is 0 Å². The Kier molecular flexibility index (Phi) is 5.70. The third-order valence-corrected chi connectivity index (χ3v) is 4.57. The SMILES string of the molecule is CC(C(=S)C1(N)CCCCC1)c1cccnc1.Cl. The van der Waals surface area contributed by atoms with Gasteiger partial charge in [0.05, 0.1) is 0 Å². The summed E-state index contributed by atoms with van der Waals surface area (Å²) < 4.78 is 0. The molecule has 1 heterocycles. The molecule has 100 valence electrons. The van der Waals surface area contributed by atoms with Gasteiger partial charge in [0.15, 0.2) is 0 Å². The van der Waals surface area contributed by atoms with Crippen molar-refractivity contribution in [2.24, 2.45) is 5.73 Å². The minimum atomic E-state index is -0.233. The van der Waals surface area contributed by atoms with Crippen LogP contribution in [0.4, 0.5) is 0 Å². The lowest BCUT2D eigenvalue weighted by molar-refractivity contribution is 0.379. The van der Waals surface area contributed by atoms with E-state index in [1.807, 2.05) is 12.3 Å². The Morgan fingerprint density at radius 2 is 2.06 bits per heavy atom. The number of pyridine rings is 1. The Balaban J connectivity index is 0.00000162. The second-order valence-electron chi connectivity index (χ2n) is 5.09. The van der Waals surface area contributed by atoms with Crippen LogP contribution in [0.3, 0.4) is 0 Å². The lowest BCUT2D eigenvalue weighted by atomic mass is 9.75. The van der Waals surface area contributed by atoms with Gasteiger partial charge in [0.25, 0.3) is 0 Å². The number of hydrogen-bond donors (Lipinski definition) is 1. The molecule has 2 N–H and O–H groups in total. The summed E-state index contributed by atoms with van der Waals surface area (Å²) in [6, 6.07) is 4.04. The van der Waals surface area contributed by atoms with Crippen LogP contribution in [0.15, 0.2) is 24.5 Å². The van der Waals surface area contributed by atoms with E-state index >= 15 is 0 Å². The molecule has 18 heavy (non-hydrogen) atoms. The summed E-state index contributed by atoms with van der Waals surface area (Å²) in [4.78, 5) is 5.16. The summed E-state index contributed by atoms with van der Waals surface area (Å²) >= 11 is 5.64. The fourth-order valence-corrected chi connectivity index (χ4v) is 2.98. The zero-order valence-electron chi connectivity index (χ0n) is 10.8. The number of nitrogens with zero attached hydrogens (tertiary/aromatic N) is 1. The summed E-state index contributed by atoms with van der Waals surface area (Å²) in [6.07, 6.45) is 9.46. The third-order valence-electron chi connectivity index (χ3n) is 3.81. The Morgan fingerprint density at radius 3 is 2.61 bits per heavy atom. The molecule has 1 aromatic rings. The Bertz CT molecular complexity index is 388. The Morgan fingerprint density at radius 1 is 1.39 bits per heavy atom. The number of thiocarbonyl (C=S) groups is 1. The van der Waals surface area contributed by atoms with Crippen molar-refractivity contribution < 1.29 is 0 Å². The van der Waals surface area contributed by atoms with Crippen molar-refractivity contribution in [1.82, 2.24) is 4.98 Å². The van der Waals surface area contributed by atoms with Crippen molar-refractivity contribution in [3.8, 4) is 0 Å². The molecule has 1 aromatic heterocycles. The van der Waals surface area contributed by atoms with Crippen LogP contribution in [0.5, 0.6) is 0 Å². The van der Waals surface area contributed by atoms with E-state index in [2.05, 4.69) is 18.0 Å². The molecule has 1 unspecified atom stereocenters. The standard InChI is InChI=1S/C14H20N2S.ClH/c1-11(12-6-5-9-16-10-12)13(17)14(15)7-3-2-4-8-14;/h5-6,9-11H,2-4,7-8,15H2,1H3;1H. The highest BCUT2D eigenvalue weighted by molar-refractivity contribution is 7.80. The highest BCUT2D eigenvalue weighted by Crippen LogP contribution is 2.32. The van der Waals surface area contributed by atoms with E-state index in [0.717, 1.165) is 17.7 Å². The van der Waals surface area contributed by atoms with Gasteiger partial charge in [-0.05, 0) is 24.5 Å². The molecule has 4 heteroatoms. The van der Waals surface area contributed by atoms with Crippen molar-refractivity contribution in [1.29, 1.82) is 0 Å². The largest absolute Gasteiger partial charge is 0.321 e. The first-order chi connectivity index (χ1) is 8.13. The van der Waals surface area contributed by atoms with Gasteiger partial charge >= 0.3 is 0 Å². The molecule has 1 fully saturated rings. The van der Waals surface area contributed by atoms with E-state index in [1.165, 1.54) is 24.8 Å². The maximum atomic E-state index is 6.48. The molecule has 0 saturated heterocycles. The molecule has 1 saturated carbocycles. The van der Waals surface area contributed by atoms with Crippen molar-refractivity contribution in [3.05, 3.63) is 30.1 Å². The summed E-state index contributed by atoms with van der Waals surface area (Å²) in [7, 11) is 0. The van der Waals surface area contributed by atoms with E-state index in [1.54, 1.807) is 6.20 Å². The molecule has 0 aromatic carbocycles. The molecule has 0 aliphatic heterocycles. The van der Waals surface area contributed by atoms with Crippen LogP contribution in [0.25, 0.3) is 0 Å². The first-order valence-electron chi connectivity index (χ1n) is 6.37. The van der Waals surface area contributed by atoms with Crippen molar-refractivity contribution in [2.75, 3.05) is 0 Å². The molecule has 2 nitrogen and oxygen atoms in total. The average Bonchev–Trinajstić information content (AvgIpc) is 2.39. The van der Waals surface area contributed by atoms with Crippen LogP contribution in [-0.2, 0) is 0 Å². The van der Waals surface area contributed by atoms with Gasteiger partial charge in [0, 0.05) is 28.7 Å². The van der Waals surface area contributed by atoms with Gasteiger partial charge in [-0.3, -0.25) is 4.98 Å². The van der Waals surface area contributed by atoms with Crippen LogP contribution in [0.1, 0.15) is 50.5 Å². The van der Waals surface area contributed by atoms with Gasteiger partial charge in [0.1, 0.15) is 0 Å². The van der Waals surface area contributed by atoms with Crippen LogP contribution in [0, 0.1) is 0 Å². The molecule has 1 aliphatic rings. The van der Waals surface area contributed by atoms with E-state index in [9.17, 15) is 0 Å². The lowest BCUT2D eigenvalue weighted by Gasteiger charge is -2.36. The highest BCUT2D eigenvalue weighted by atomic mass is 35.5. The van der Waals surface area contributed by atoms with E-state index in [4.69, 9.17) is 18.0 Å². The normalized spacial score (nSPS) is 19.7. The van der Waals surface area contributed by atoms with Gasteiger partial charge in [-0.15, -0.1) is 12.4 Å². The summed E-state index contributed by atoms with van der Waals surface area (Å²) in [5.41, 5.74) is 7.42. The zero-order valence-corrected chi connectivity index (χ0v) is 12.4. The number of nitrogens with two attached hydrogens (primary N) is 1. The molecule has 0 amide bonds. The predicted molar refractivity (Wildman–Crippen MR) is 82.5 cm³/mol. The minimum absolute atomic E-state index is 0. The summed E-state index contributed by atoms with van der Waals surface area (Å²) in [5, 5.41) is 0. The number of aromatic nitrogens is 1. The summed E-state index contributed by atoms with van der Waals surface area (Å²) in [5.74, 6) is 0.224. The zero-order chi connectivity index (χ0) is 12.3. The molecular weight excluding hydrogens is 264 g/mol. The smallest absolute Gasteiger partial charge is 0.0479 e. The maximum Gasteiger partial charge on any atom is 0.0479 e. The highest BCUT2D eigenvalue weighted by Gasteiger charge is 2.34. The fourth-order valence-electron chi connectivity index (χ4n) is 2.64. The number of hydrogen-bond acceptors (Lipinski definition) is 3. The predicted octanol–water partition coefficient (Wildman–Crippen LogP) is 3.64. The molecule has 0 bridgehead atoms. The fraction of sp³-hybridized carbons (Fsp3) is 0.571. The number of halogens is 1. The maximum absolute atomic E-state index is 6.48. The topological polar surface area (TPSA) is 38.9 Å². The Hall–Kier alpha value is -0.510. The molecule has 1 aliphatic carbocycles. The van der Waals surface area contributed by atoms with Gasteiger partial charge in [-0.25, -0.2) is 0 Å². The molecule has 0 radical (unpaired) electrons. The van der Waals surface area contributed by atoms with Crippen molar-refractivity contribution in [3.63, 3.8) is 0 Å². The van der Waals surface area contributed by atoms with E-state index in [-0.39, 0.29) is 23.9 Å². The van der Waals surface area contributed by atoms with Gasteiger partial charge in [0.2, 0.25) is 0 Å². The van der Waals surface area contributed by atoms with Crippen LogP contribution >= 0.6 is 24.6 Å². The number of rotatable bonds is 3. The second kappa shape index (κ2) is 6.60. The second-order valence-corrected chi connectivity index (χ2v) is 5.53. The van der Waals surface area contributed by atoms with Gasteiger partial charge < -0.3 is 5.73 Å². The van der Waals surface area contributed by atoms with Crippen molar-refractivity contribution in [2.45, 2.75) is 50.5 Å². The quantitative estimate of drug-likeness (QED) is 0.862. The first kappa shape index (κ1) is 15.5. The monoisotopic (exact) mass is 284 g/mol. The van der Waals surface area contributed by atoms with Crippen molar-refractivity contribution >= 4 is 29.5 Å². The van der Waals surface area contributed by atoms with Crippen LogP contribution in [0.2, 0.25) is 0 Å². The third kappa shape index (κ3) is 3.28. The van der Waals surface area contributed by atoms with Gasteiger partial charge in [-0.1, -0.05) is 44.5 Å². The van der Waals surface area contributed by atoms with Crippen LogP contribution in [-0.4, -0.2) is 15.4 Å². The molecule has 0 spiro atoms. The first-order valence-corrected chi connectivity index (χ1v) is 6.77. The lowest BCUT2D eigenvalue weighted by Crippen LogP contribution is -2.50. The molecular formula is C14H21ClN2S. The van der Waals surface area contributed by atoms with E-state index in [0.29, 0.717) is 0 Å². The average molecular weight is 285 g/mol. The van der Waals surface area contributed by atoms with Crippen LogP contribution < -0.4 is 5.73 Å². The van der Waals surface area contributed by atoms with E-state index < -0.39 is 0 Å². The minimum Gasteiger partial charge on any atom is -0.321 e. The summed E-state index contributed by atoms with van der Waals surface area (Å²) in [6.45, 7) is 2.14.